The van der Waals surface area contributed by atoms with Crippen molar-refractivity contribution in [3.05, 3.63) is 0 Å². The average Bonchev–Trinajstić information content (AvgIpc) is 2.70. The zero-order chi connectivity index (χ0) is 10.7. The van der Waals surface area contributed by atoms with E-state index in [0.29, 0.717) is 6.04 Å². The van der Waals surface area contributed by atoms with Crippen LogP contribution < -0.4 is 5.73 Å². The molecule has 0 radical (unpaired) electrons. The largest absolute Gasteiger partial charge is 0.327 e. The van der Waals surface area contributed by atoms with Crippen LogP contribution in [0.2, 0.25) is 0 Å². The molecule has 0 amide bonds. The van der Waals surface area contributed by atoms with Crippen LogP contribution in [-0.4, -0.2) is 30.1 Å². The maximum absolute atomic E-state index is 6.17. The van der Waals surface area contributed by atoms with Crippen molar-refractivity contribution in [3.8, 4) is 0 Å². The Morgan fingerprint density at radius 1 is 1.20 bits per heavy atom. The molecule has 0 bridgehead atoms. The van der Waals surface area contributed by atoms with Crippen molar-refractivity contribution in [2.24, 2.45) is 11.7 Å². The second kappa shape index (κ2) is 5.31. The summed E-state index contributed by atoms with van der Waals surface area (Å²) < 4.78 is 0. The number of likely N-dealkylation sites (tertiary alicyclic amines) is 1. The van der Waals surface area contributed by atoms with Crippen LogP contribution in [0.4, 0.5) is 0 Å². The molecule has 0 spiro atoms. The number of nitrogens with zero attached hydrogens (tertiary/aromatic N) is 1. The highest BCUT2D eigenvalue weighted by Crippen LogP contribution is 2.28. The van der Waals surface area contributed by atoms with Gasteiger partial charge in [-0.15, -0.1) is 0 Å². The van der Waals surface area contributed by atoms with Gasteiger partial charge in [0.25, 0.3) is 0 Å². The van der Waals surface area contributed by atoms with Crippen LogP contribution >= 0.6 is 0 Å². The predicted molar refractivity (Wildman–Crippen MR) is 64.8 cm³/mol. The molecule has 1 saturated heterocycles. The van der Waals surface area contributed by atoms with Gasteiger partial charge in [0.1, 0.15) is 0 Å². The summed E-state index contributed by atoms with van der Waals surface area (Å²) in [6.07, 6.45) is 9.67. The van der Waals surface area contributed by atoms with Crippen molar-refractivity contribution < 1.29 is 0 Å². The molecular weight excluding hydrogens is 184 g/mol. The zero-order valence-electron chi connectivity index (χ0n) is 10.1. The lowest BCUT2D eigenvalue weighted by Crippen LogP contribution is -2.50. The molecule has 15 heavy (non-hydrogen) atoms. The van der Waals surface area contributed by atoms with E-state index in [1.54, 1.807) is 0 Å². The summed E-state index contributed by atoms with van der Waals surface area (Å²) in [5.74, 6) is 0.874. The first-order chi connectivity index (χ1) is 7.29. The third-order valence-corrected chi connectivity index (χ3v) is 4.14. The van der Waals surface area contributed by atoms with E-state index in [9.17, 15) is 0 Å². The lowest BCUT2D eigenvalue weighted by Gasteiger charge is -2.39. The number of piperidine rings is 1. The second-order valence-corrected chi connectivity index (χ2v) is 5.54. The molecule has 2 aliphatic rings. The fourth-order valence-electron chi connectivity index (χ4n) is 3.47. The van der Waals surface area contributed by atoms with Crippen LogP contribution in [0.5, 0.6) is 0 Å². The molecule has 0 aromatic rings. The molecule has 2 heteroatoms. The maximum atomic E-state index is 6.17. The first-order valence-corrected chi connectivity index (χ1v) is 6.79. The Kier molecular flexibility index (Phi) is 4.04. The molecule has 2 fully saturated rings. The maximum Gasteiger partial charge on any atom is 0.0171 e. The summed E-state index contributed by atoms with van der Waals surface area (Å²) in [6, 6.07) is 1.31. The third kappa shape index (κ3) is 2.94. The third-order valence-electron chi connectivity index (χ3n) is 4.14. The number of hydrogen-bond donors (Lipinski definition) is 1. The fraction of sp³-hybridized carbons (Fsp3) is 1.00. The first-order valence-electron chi connectivity index (χ1n) is 6.79. The number of nitrogens with two attached hydrogens (primary N) is 1. The average molecular weight is 210 g/mol. The molecule has 2 nitrogen and oxygen atoms in total. The molecule has 1 saturated carbocycles. The van der Waals surface area contributed by atoms with Gasteiger partial charge in [-0.2, -0.15) is 0 Å². The molecule has 2 rings (SSSR count). The van der Waals surface area contributed by atoms with Crippen molar-refractivity contribution in [3.63, 3.8) is 0 Å². The van der Waals surface area contributed by atoms with Gasteiger partial charge in [-0.25, -0.2) is 0 Å². The minimum atomic E-state index is 0.441. The van der Waals surface area contributed by atoms with E-state index in [0.717, 1.165) is 18.5 Å². The number of hydrogen-bond acceptors (Lipinski definition) is 2. The highest BCUT2D eigenvalue weighted by atomic mass is 15.2. The topological polar surface area (TPSA) is 29.3 Å². The van der Waals surface area contributed by atoms with E-state index in [1.807, 2.05) is 0 Å². The SMILES string of the molecule is CCCC1CC(N)CN(C2CCCC2)C1. The summed E-state index contributed by atoms with van der Waals surface area (Å²) in [7, 11) is 0. The van der Waals surface area contributed by atoms with E-state index < -0.39 is 0 Å². The number of rotatable bonds is 3. The molecule has 88 valence electrons. The lowest BCUT2D eigenvalue weighted by molar-refractivity contribution is 0.107. The van der Waals surface area contributed by atoms with Gasteiger partial charge in [0.05, 0.1) is 0 Å². The highest BCUT2D eigenvalue weighted by Gasteiger charge is 2.30. The minimum absolute atomic E-state index is 0.441. The Labute approximate surface area is 94.2 Å². The standard InChI is InChI=1S/C13H26N2/c1-2-5-11-8-12(14)10-15(9-11)13-6-3-4-7-13/h11-13H,2-10,14H2,1H3. The highest BCUT2D eigenvalue weighted by molar-refractivity contribution is 4.87. The van der Waals surface area contributed by atoms with Gasteiger partial charge < -0.3 is 5.73 Å². The van der Waals surface area contributed by atoms with Crippen molar-refractivity contribution >= 4 is 0 Å². The molecular formula is C13H26N2. The van der Waals surface area contributed by atoms with Crippen LogP contribution in [0.25, 0.3) is 0 Å². The smallest absolute Gasteiger partial charge is 0.0171 e. The Morgan fingerprint density at radius 3 is 2.60 bits per heavy atom. The monoisotopic (exact) mass is 210 g/mol. The second-order valence-electron chi connectivity index (χ2n) is 5.54. The Bertz CT molecular complexity index is 187. The van der Waals surface area contributed by atoms with Crippen LogP contribution in [0.15, 0.2) is 0 Å². The summed E-state index contributed by atoms with van der Waals surface area (Å²) in [6.45, 7) is 4.77. The molecule has 1 aliphatic heterocycles. The summed E-state index contributed by atoms with van der Waals surface area (Å²) in [5.41, 5.74) is 6.17. The summed E-state index contributed by atoms with van der Waals surface area (Å²) >= 11 is 0. The van der Waals surface area contributed by atoms with Gasteiger partial charge in [0.2, 0.25) is 0 Å². The van der Waals surface area contributed by atoms with Crippen LogP contribution in [-0.2, 0) is 0 Å². The van der Waals surface area contributed by atoms with E-state index in [1.165, 1.54) is 51.5 Å². The molecule has 1 heterocycles. The van der Waals surface area contributed by atoms with Crippen LogP contribution in [0.1, 0.15) is 51.9 Å². The van der Waals surface area contributed by atoms with Gasteiger partial charge >= 0.3 is 0 Å². The van der Waals surface area contributed by atoms with Crippen molar-refractivity contribution in [1.82, 2.24) is 4.90 Å². The molecule has 2 atom stereocenters. The first kappa shape index (κ1) is 11.4. The van der Waals surface area contributed by atoms with E-state index >= 15 is 0 Å². The van der Waals surface area contributed by atoms with Gasteiger partial charge in [-0.3, -0.25) is 4.90 Å². The Morgan fingerprint density at radius 2 is 1.93 bits per heavy atom. The van der Waals surface area contributed by atoms with Gasteiger partial charge in [0.15, 0.2) is 0 Å². The molecule has 1 aliphatic carbocycles. The van der Waals surface area contributed by atoms with Gasteiger partial charge in [0, 0.05) is 25.2 Å². The predicted octanol–water partition coefficient (Wildman–Crippen LogP) is 2.38. The lowest BCUT2D eigenvalue weighted by atomic mass is 9.90. The van der Waals surface area contributed by atoms with Crippen LogP contribution in [0, 0.1) is 5.92 Å². The van der Waals surface area contributed by atoms with Crippen molar-refractivity contribution in [1.29, 1.82) is 0 Å². The van der Waals surface area contributed by atoms with E-state index in [-0.39, 0.29) is 0 Å². The Balaban J connectivity index is 1.87. The molecule has 0 aromatic heterocycles. The van der Waals surface area contributed by atoms with E-state index in [2.05, 4.69) is 11.8 Å². The van der Waals surface area contributed by atoms with Gasteiger partial charge in [-0.05, 0) is 31.6 Å². The normalized spacial score (nSPS) is 34.8. The molecule has 0 aromatic carbocycles. The van der Waals surface area contributed by atoms with Gasteiger partial charge in [-0.1, -0.05) is 26.2 Å². The Hall–Kier alpha value is -0.0800. The van der Waals surface area contributed by atoms with Crippen molar-refractivity contribution in [2.75, 3.05) is 13.1 Å². The van der Waals surface area contributed by atoms with E-state index in [4.69, 9.17) is 5.73 Å². The van der Waals surface area contributed by atoms with Crippen LogP contribution in [0.3, 0.4) is 0 Å². The minimum Gasteiger partial charge on any atom is -0.327 e. The molecule has 2 N–H and O–H groups in total. The zero-order valence-corrected chi connectivity index (χ0v) is 10.1. The van der Waals surface area contributed by atoms with Crippen molar-refractivity contribution in [2.45, 2.75) is 64.0 Å². The summed E-state index contributed by atoms with van der Waals surface area (Å²) in [5, 5.41) is 0. The quantitative estimate of drug-likeness (QED) is 0.775. The fourth-order valence-corrected chi connectivity index (χ4v) is 3.47. The summed E-state index contributed by atoms with van der Waals surface area (Å²) in [4.78, 5) is 2.70. The molecule has 2 unspecified atom stereocenters.